The number of ether oxygens (including phenoxy) is 1. The average Bonchev–Trinajstić information content (AvgIpc) is 2.68. The van der Waals surface area contributed by atoms with Gasteiger partial charge >= 0.3 is 6.03 Å². The lowest BCUT2D eigenvalue weighted by molar-refractivity contribution is 0.122. The lowest BCUT2D eigenvalue weighted by Gasteiger charge is -2.28. The molecule has 3 rings (SSSR count). The molecule has 1 aromatic carbocycles. The molecule has 2 aromatic rings. The predicted octanol–water partition coefficient (Wildman–Crippen LogP) is 2.13. The first-order valence-electron chi connectivity index (χ1n) is 8.93. The minimum atomic E-state index is -1.02. The molecule has 8 nitrogen and oxygen atoms in total. The smallest absolute Gasteiger partial charge is 0.319 e. The standard InChI is InChI=1S/C18H22F2N6O2/c1-12-23-16(11-17(24-12)26-6-8-28-9-7-26)21-4-5-22-18(27)25-13-2-3-14(19)15(20)10-13/h2-3,10-11H,4-9H2,1H3,(H,21,23,24)(H2,22,25,27). The van der Waals surface area contributed by atoms with Crippen molar-refractivity contribution in [2.45, 2.75) is 6.92 Å². The van der Waals surface area contributed by atoms with Gasteiger partial charge in [0.1, 0.15) is 17.5 Å². The highest BCUT2D eigenvalue weighted by Gasteiger charge is 2.14. The molecule has 1 saturated heterocycles. The molecule has 2 heterocycles. The van der Waals surface area contributed by atoms with E-state index in [0.29, 0.717) is 37.9 Å². The second-order valence-corrected chi connectivity index (χ2v) is 6.19. The SMILES string of the molecule is Cc1nc(NCCNC(=O)Nc2ccc(F)c(F)c2)cc(N2CCOCC2)n1. The Balaban J connectivity index is 1.46. The summed E-state index contributed by atoms with van der Waals surface area (Å²) in [4.78, 5) is 22.8. The Morgan fingerprint density at radius 3 is 2.68 bits per heavy atom. The summed E-state index contributed by atoms with van der Waals surface area (Å²) in [7, 11) is 0. The summed E-state index contributed by atoms with van der Waals surface area (Å²) >= 11 is 0. The molecule has 0 radical (unpaired) electrons. The number of benzene rings is 1. The third-order valence-electron chi connectivity index (χ3n) is 4.05. The summed E-state index contributed by atoms with van der Waals surface area (Å²) in [5, 5.41) is 8.21. The van der Waals surface area contributed by atoms with E-state index in [-0.39, 0.29) is 5.69 Å². The summed E-state index contributed by atoms with van der Waals surface area (Å²) in [5.74, 6) is 0.163. The third kappa shape index (κ3) is 5.49. The average molecular weight is 392 g/mol. The number of urea groups is 1. The van der Waals surface area contributed by atoms with Gasteiger partial charge in [0.05, 0.1) is 13.2 Å². The quantitative estimate of drug-likeness (QED) is 0.653. The van der Waals surface area contributed by atoms with Gasteiger partial charge in [0.2, 0.25) is 0 Å². The predicted molar refractivity (Wildman–Crippen MR) is 102 cm³/mol. The molecule has 0 aliphatic carbocycles. The second-order valence-electron chi connectivity index (χ2n) is 6.19. The zero-order valence-corrected chi connectivity index (χ0v) is 15.5. The third-order valence-corrected chi connectivity index (χ3v) is 4.05. The molecule has 1 aromatic heterocycles. The van der Waals surface area contributed by atoms with E-state index in [4.69, 9.17) is 4.74 Å². The van der Waals surface area contributed by atoms with Crippen LogP contribution in [0.3, 0.4) is 0 Å². The largest absolute Gasteiger partial charge is 0.378 e. The van der Waals surface area contributed by atoms with E-state index in [9.17, 15) is 13.6 Å². The van der Waals surface area contributed by atoms with Gasteiger partial charge in [0.15, 0.2) is 11.6 Å². The normalized spacial score (nSPS) is 13.9. The fraction of sp³-hybridized carbons (Fsp3) is 0.389. The first-order valence-corrected chi connectivity index (χ1v) is 8.93. The summed E-state index contributed by atoms with van der Waals surface area (Å²) in [6.07, 6.45) is 0. The van der Waals surface area contributed by atoms with Gasteiger partial charge in [-0.1, -0.05) is 0 Å². The number of carbonyl (C=O) groups is 1. The van der Waals surface area contributed by atoms with E-state index in [1.807, 2.05) is 13.0 Å². The molecule has 0 saturated carbocycles. The number of anilines is 3. The van der Waals surface area contributed by atoms with E-state index in [1.54, 1.807) is 0 Å². The van der Waals surface area contributed by atoms with Gasteiger partial charge in [-0.2, -0.15) is 0 Å². The van der Waals surface area contributed by atoms with Gasteiger partial charge in [-0.15, -0.1) is 0 Å². The van der Waals surface area contributed by atoms with Crippen molar-refractivity contribution in [1.29, 1.82) is 0 Å². The van der Waals surface area contributed by atoms with Crippen LogP contribution in [-0.2, 0) is 4.74 Å². The second kappa shape index (κ2) is 9.27. The van der Waals surface area contributed by atoms with E-state index in [0.717, 1.165) is 31.0 Å². The molecule has 150 valence electrons. The van der Waals surface area contributed by atoms with Gasteiger partial charge in [0.25, 0.3) is 0 Å². The van der Waals surface area contributed by atoms with Crippen LogP contribution >= 0.6 is 0 Å². The number of morpholine rings is 1. The van der Waals surface area contributed by atoms with E-state index >= 15 is 0 Å². The number of hydrogen-bond acceptors (Lipinski definition) is 6. The number of halogens is 2. The fourth-order valence-corrected chi connectivity index (χ4v) is 2.71. The van der Waals surface area contributed by atoms with Gasteiger partial charge in [-0.25, -0.2) is 23.5 Å². The Hall–Kier alpha value is -3.01. The monoisotopic (exact) mass is 392 g/mol. The van der Waals surface area contributed by atoms with Crippen LogP contribution in [0.4, 0.5) is 30.9 Å². The molecule has 28 heavy (non-hydrogen) atoms. The van der Waals surface area contributed by atoms with Gasteiger partial charge in [0, 0.05) is 44.0 Å². The zero-order chi connectivity index (χ0) is 19.9. The van der Waals surface area contributed by atoms with Gasteiger partial charge in [-0.3, -0.25) is 0 Å². The number of hydrogen-bond donors (Lipinski definition) is 3. The van der Waals surface area contributed by atoms with Crippen molar-refractivity contribution in [1.82, 2.24) is 15.3 Å². The number of carbonyl (C=O) groups excluding carboxylic acids is 1. The Morgan fingerprint density at radius 1 is 1.14 bits per heavy atom. The molecule has 1 fully saturated rings. The van der Waals surface area contributed by atoms with Crippen molar-refractivity contribution < 1.29 is 18.3 Å². The molecule has 0 atom stereocenters. The van der Waals surface area contributed by atoms with E-state index in [2.05, 4.69) is 30.8 Å². The Bertz CT molecular complexity index is 830. The maximum Gasteiger partial charge on any atom is 0.319 e. The molecular weight excluding hydrogens is 370 g/mol. The van der Waals surface area contributed by atoms with Crippen LogP contribution in [0, 0.1) is 18.6 Å². The highest BCUT2D eigenvalue weighted by atomic mass is 19.2. The number of aromatic nitrogens is 2. The first-order chi connectivity index (χ1) is 13.5. The number of nitrogens with one attached hydrogen (secondary N) is 3. The summed E-state index contributed by atoms with van der Waals surface area (Å²) in [6, 6.07) is 4.51. The summed E-state index contributed by atoms with van der Waals surface area (Å²) in [6.45, 7) is 5.47. The molecule has 1 aliphatic heterocycles. The fourth-order valence-electron chi connectivity index (χ4n) is 2.71. The van der Waals surface area contributed by atoms with Crippen LogP contribution in [0.15, 0.2) is 24.3 Å². The highest BCUT2D eigenvalue weighted by Crippen LogP contribution is 2.17. The molecule has 0 spiro atoms. The van der Waals surface area contributed by atoms with Crippen molar-refractivity contribution >= 4 is 23.4 Å². The topological polar surface area (TPSA) is 91.4 Å². The summed E-state index contributed by atoms with van der Waals surface area (Å²) < 4.78 is 31.4. The molecule has 3 N–H and O–H groups in total. The van der Waals surface area contributed by atoms with Crippen LogP contribution in [0.5, 0.6) is 0 Å². The molecule has 1 aliphatic rings. The molecule has 2 amide bonds. The summed E-state index contributed by atoms with van der Waals surface area (Å²) in [5.41, 5.74) is 0.172. The zero-order valence-electron chi connectivity index (χ0n) is 15.5. The Kier molecular flexibility index (Phi) is 6.53. The van der Waals surface area contributed by atoms with Crippen molar-refractivity contribution in [2.24, 2.45) is 0 Å². The number of aryl methyl sites for hydroxylation is 1. The molecular formula is C18H22F2N6O2. The lowest BCUT2D eigenvalue weighted by atomic mass is 10.3. The minimum absolute atomic E-state index is 0.172. The van der Waals surface area contributed by atoms with Crippen molar-refractivity contribution in [3.63, 3.8) is 0 Å². The molecule has 0 unspecified atom stereocenters. The molecule has 10 heteroatoms. The van der Waals surface area contributed by atoms with Gasteiger partial charge in [-0.05, 0) is 19.1 Å². The van der Waals surface area contributed by atoms with E-state index < -0.39 is 17.7 Å². The number of rotatable bonds is 6. The van der Waals surface area contributed by atoms with Gasteiger partial charge < -0.3 is 25.6 Å². The van der Waals surface area contributed by atoms with Crippen LogP contribution in [0.1, 0.15) is 5.82 Å². The number of amides is 2. The van der Waals surface area contributed by atoms with Crippen molar-refractivity contribution in [3.8, 4) is 0 Å². The Morgan fingerprint density at radius 2 is 1.93 bits per heavy atom. The lowest BCUT2D eigenvalue weighted by Crippen LogP contribution is -2.37. The molecule has 0 bridgehead atoms. The van der Waals surface area contributed by atoms with Crippen molar-refractivity contribution in [2.75, 3.05) is 54.9 Å². The van der Waals surface area contributed by atoms with E-state index in [1.165, 1.54) is 6.07 Å². The highest BCUT2D eigenvalue weighted by molar-refractivity contribution is 5.89. The maximum absolute atomic E-state index is 13.1. The van der Waals surface area contributed by atoms with Crippen LogP contribution in [0.25, 0.3) is 0 Å². The van der Waals surface area contributed by atoms with Crippen molar-refractivity contribution in [3.05, 3.63) is 41.7 Å². The van der Waals surface area contributed by atoms with Crippen LogP contribution in [0.2, 0.25) is 0 Å². The van der Waals surface area contributed by atoms with Crippen LogP contribution in [-0.4, -0.2) is 55.4 Å². The van der Waals surface area contributed by atoms with Crippen LogP contribution < -0.4 is 20.9 Å². The number of nitrogens with zero attached hydrogens (tertiary/aromatic N) is 3. The maximum atomic E-state index is 13.1. The minimum Gasteiger partial charge on any atom is -0.378 e. The first kappa shape index (κ1) is 19.7. The Labute approximate surface area is 161 Å².